The number of likely N-dealkylation sites (tertiary alicyclic amines) is 1. The summed E-state index contributed by atoms with van der Waals surface area (Å²) in [5.41, 5.74) is 2.73. The first kappa shape index (κ1) is 15.5. The van der Waals surface area contributed by atoms with Crippen LogP contribution in [-0.2, 0) is 20.9 Å². The smallest absolute Gasteiger partial charge is 0.309 e. The first-order valence-electron chi connectivity index (χ1n) is 7.80. The summed E-state index contributed by atoms with van der Waals surface area (Å²) in [4.78, 5) is 30.1. The molecule has 1 unspecified atom stereocenters. The van der Waals surface area contributed by atoms with E-state index in [9.17, 15) is 9.59 Å². The Morgan fingerprint density at radius 3 is 2.96 bits per heavy atom. The van der Waals surface area contributed by atoms with E-state index in [-0.39, 0.29) is 30.8 Å². The van der Waals surface area contributed by atoms with Gasteiger partial charge in [0.05, 0.1) is 11.4 Å². The number of nitrogens with zero attached hydrogens (tertiary/aromatic N) is 2. The highest BCUT2D eigenvalue weighted by molar-refractivity contribution is 5.85. The molecule has 5 heteroatoms. The number of esters is 1. The van der Waals surface area contributed by atoms with Crippen LogP contribution in [0.15, 0.2) is 30.3 Å². The number of aromatic nitrogens is 1. The summed E-state index contributed by atoms with van der Waals surface area (Å²) in [5, 5.41) is 0.991. The quantitative estimate of drug-likeness (QED) is 0.817. The van der Waals surface area contributed by atoms with Gasteiger partial charge in [0.2, 0.25) is 5.91 Å². The van der Waals surface area contributed by atoms with Crippen molar-refractivity contribution in [1.82, 2.24) is 9.88 Å². The van der Waals surface area contributed by atoms with Crippen molar-refractivity contribution >= 4 is 22.8 Å². The number of amides is 1. The Hall–Kier alpha value is -2.43. The van der Waals surface area contributed by atoms with Crippen molar-refractivity contribution in [2.75, 3.05) is 13.6 Å². The minimum Gasteiger partial charge on any atom is -0.461 e. The minimum absolute atomic E-state index is 0.00315. The maximum Gasteiger partial charge on any atom is 0.309 e. The number of para-hydroxylation sites is 1. The van der Waals surface area contributed by atoms with Crippen LogP contribution < -0.4 is 0 Å². The van der Waals surface area contributed by atoms with Gasteiger partial charge in [-0.1, -0.05) is 18.2 Å². The van der Waals surface area contributed by atoms with Gasteiger partial charge in [0.15, 0.2) is 0 Å². The van der Waals surface area contributed by atoms with Gasteiger partial charge in [-0.15, -0.1) is 0 Å². The fraction of sp³-hybridized carbons (Fsp3) is 0.389. The Bertz CT molecular complexity index is 757. The van der Waals surface area contributed by atoms with Crippen molar-refractivity contribution in [2.24, 2.45) is 5.92 Å². The van der Waals surface area contributed by atoms with Gasteiger partial charge in [-0.25, -0.2) is 0 Å². The molecule has 0 N–H and O–H groups in total. The number of hydrogen-bond acceptors (Lipinski definition) is 4. The lowest BCUT2D eigenvalue weighted by Crippen LogP contribution is -2.38. The van der Waals surface area contributed by atoms with E-state index in [0.29, 0.717) is 13.0 Å². The predicted octanol–water partition coefficient (Wildman–Crippen LogP) is 2.45. The third-order valence-electron chi connectivity index (χ3n) is 4.29. The van der Waals surface area contributed by atoms with Crippen LogP contribution in [0.4, 0.5) is 0 Å². The Kier molecular flexibility index (Phi) is 4.28. The number of aryl methyl sites for hydroxylation is 1. The summed E-state index contributed by atoms with van der Waals surface area (Å²) in [6, 6.07) is 9.75. The molecule has 1 fully saturated rings. The van der Waals surface area contributed by atoms with Crippen LogP contribution in [0, 0.1) is 12.8 Å². The number of carbonyl (C=O) groups excluding carboxylic acids is 2. The lowest BCUT2D eigenvalue weighted by molar-refractivity contribution is -0.155. The zero-order valence-corrected chi connectivity index (χ0v) is 13.4. The molecule has 2 aromatic rings. The average molecular weight is 312 g/mol. The molecule has 0 spiro atoms. The molecule has 0 bridgehead atoms. The first-order chi connectivity index (χ1) is 11.0. The number of fused-ring (bicyclic) bond motifs is 1. The molecule has 1 atom stereocenters. The van der Waals surface area contributed by atoms with E-state index >= 15 is 0 Å². The highest BCUT2D eigenvalue weighted by atomic mass is 16.5. The molecule has 1 aliphatic heterocycles. The molecule has 1 amide bonds. The number of benzene rings is 1. The van der Waals surface area contributed by atoms with Crippen molar-refractivity contribution in [2.45, 2.75) is 26.4 Å². The largest absolute Gasteiger partial charge is 0.461 e. The van der Waals surface area contributed by atoms with E-state index in [1.54, 1.807) is 11.9 Å². The van der Waals surface area contributed by atoms with E-state index in [4.69, 9.17) is 4.74 Å². The number of pyridine rings is 1. The number of ether oxygens (including phenoxy) is 1. The van der Waals surface area contributed by atoms with Gasteiger partial charge < -0.3 is 9.64 Å². The molecule has 120 valence electrons. The Balaban J connectivity index is 1.71. The Labute approximate surface area is 135 Å². The van der Waals surface area contributed by atoms with E-state index in [1.165, 1.54) is 0 Å². The maximum absolute atomic E-state index is 12.2. The molecule has 1 saturated heterocycles. The average Bonchev–Trinajstić information content (AvgIpc) is 2.54. The number of carbonyl (C=O) groups is 2. The van der Waals surface area contributed by atoms with Crippen molar-refractivity contribution < 1.29 is 14.3 Å². The zero-order valence-electron chi connectivity index (χ0n) is 13.4. The van der Waals surface area contributed by atoms with E-state index < -0.39 is 0 Å². The van der Waals surface area contributed by atoms with Crippen molar-refractivity contribution in [3.8, 4) is 0 Å². The Morgan fingerprint density at radius 2 is 2.17 bits per heavy atom. The fourth-order valence-corrected chi connectivity index (χ4v) is 2.93. The van der Waals surface area contributed by atoms with Gasteiger partial charge >= 0.3 is 5.97 Å². The van der Waals surface area contributed by atoms with Gasteiger partial charge in [-0.2, -0.15) is 0 Å². The normalized spacial score (nSPS) is 18.3. The van der Waals surface area contributed by atoms with Crippen LogP contribution in [0.25, 0.3) is 10.9 Å². The second-order valence-electron chi connectivity index (χ2n) is 6.05. The molecule has 2 heterocycles. The molecule has 1 aromatic heterocycles. The lowest BCUT2D eigenvalue weighted by atomic mass is 9.97. The van der Waals surface area contributed by atoms with Gasteiger partial charge in [0, 0.05) is 36.7 Å². The summed E-state index contributed by atoms with van der Waals surface area (Å²) >= 11 is 0. The van der Waals surface area contributed by atoms with E-state index in [2.05, 4.69) is 4.98 Å². The van der Waals surface area contributed by atoms with Crippen molar-refractivity contribution in [3.05, 3.63) is 41.6 Å². The summed E-state index contributed by atoms with van der Waals surface area (Å²) < 4.78 is 5.48. The number of piperidine rings is 1. The molecule has 3 rings (SSSR count). The molecule has 0 aliphatic carbocycles. The monoisotopic (exact) mass is 312 g/mol. The fourth-order valence-electron chi connectivity index (χ4n) is 2.93. The molecule has 0 radical (unpaired) electrons. The Morgan fingerprint density at radius 1 is 1.39 bits per heavy atom. The summed E-state index contributed by atoms with van der Waals surface area (Å²) in [6.45, 7) is 2.74. The zero-order chi connectivity index (χ0) is 16.4. The van der Waals surface area contributed by atoms with Crippen LogP contribution in [0.5, 0.6) is 0 Å². The van der Waals surface area contributed by atoms with Gasteiger partial charge in [0.1, 0.15) is 6.61 Å². The molecule has 5 nitrogen and oxygen atoms in total. The van der Waals surface area contributed by atoms with Crippen LogP contribution in [-0.4, -0.2) is 35.4 Å². The van der Waals surface area contributed by atoms with Crippen LogP contribution >= 0.6 is 0 Å². The van der Waals surface area contributed by atoms with Crippen LogP contribution in [0.2, 0.25) is 0 Å². The van der Waals surface area contributed by atoms with Crippen LogP contribution in [0.1, 0.15) is 24.1 Å². The molecule has 1 aliphatic rings. The second-order valence-corrected chi connectivity index (χ2v) is 6.05. The highest BCUT2D eigenvalue weighted by Gasteiger charge is 2.29. The third-order valence-corrected chi connectivity index (χ3v) is 4.29. The lowest BCUT2D eigenvalue weighted by Gasteiger charge is -2.27. The van der Waals surface area contributed by atoms with Gasteiger partial charge in [0.25, 0.3) is 0 Å². The predicted molar refractivity (Wildman–Crippen MR) is 86.6 cm³/mol. The van der Waals surface area contributed by atoms with Crippen molar-refractivity contribution in [1.29, 1.82) is 0 Å². The molecular formula is C18H20N2O3. The van der Waals surface area contributed by atoms with Crippen LogP contribution in [0.3, 0.4) is 0 Å². The standard InChI is InChI=1S/C18H20N2O3/c1-12-9-14(15-5-3-4-6-16(15)19-12)11-23-18(22)13-7-8-20(2)17(21)10-13/h3-6,9,13H,7-8,10-11H2,1-2H3. The second kappa shape index (κ2) is 6.36. The molecular weight excluding hydrogens is 292 g/mol. The van der Waals surface area contributed by atoms with E-state index in [1.807, 2.05) is 37.3 Å². The minimum atomic E-state index is -0.326. The van der Waals surface area contributed by atoms with E-state index in [0.717, 1.165) is 22.2 Å². The first-order valence-corrected chi connectivity index (χ1v) is 7.80. The summed E-state index contributed by atoms with van der Waals surface area (Å²) in [6.07, 6.45) is 0.905. The number of hydrogen-bond donors (Lipinski definition) is 0. The third kappa shape index (κ3) is 3.33. The van der Waals surface area contributed by atoms with Gasteiger partial charge in [-0.3, -0.25) is 14.6 Å². The molecule has 0 saturated carbocycles. The topological polar surface area (TPSA) is 59.5 Å². The van der Waals surface area contributed by atoms with Gasteiger partial charge in [-0.05, 0) is 25.5 Å². The summed E-state index contributed by atoms with van der Waals surface area (Å²) in [7, 11) is 1.76. The van der Waals surface area contributed by atoms with Crippen molar-refractivity contribution in [3.63, 3.8) is 0 Å². The SMILES string of the molecule is Cc1cc(COC(=O)C2CCN(C)C(=O)C2)c2ccccc2n1. The molecule has 1 aromatic carbocycles. The molecule has 23 heavy (non-hydrogen) atoms. The maximum atomic E-state index is 12.2. The summed E-state index contributed by atoms with van der Waals surface area (Å²) in [5.74, 6) is -0.610. The highest BCUT2D eigenvalue weighted by Crippen LogP contribution is 2.22. The number of rotatable bonds is 3.